The number of amides is 1. The van der Waals surface area contributed by atoms with Crippen LogP contribution < -0.4 is 0 Å². The van der Waals surface area contributed by atoms with Gasteiger partial charge in [-0.05, 0) is 6.92 Å². The molecule has 2 fully saturated rings. The molecule has 6 heteroatoms. The Balaban J connectivity index is 2.53. The number of esters is 1. The summed E-state index contributed by atoms with van der Waals surface area (Å²) in [5, 5.41) is 10.5. The molecule has 0 aromatic carbocycles. The monoisotopic (exact) mass is 271 g/mol. The minimum Gasteiger partial charge on any atom is -0.467 e. The van der Waals surface area contributed by atoms with Crippen molar-refractivity contribution in [3.05, 3.63) is 0 Å². The molecule has 6 nitrogen and oxygen atoms in total. The first-order valence-electron chi connectivity index (χ1n) is 6.32. The summed E-state index contributed by atoms with van der Waals surface area (Å²) in [6.07, 6.45) is -0.647. The van der Waals surface area contributed by atoms with Crippen molar-refractivity contribution in [3.63, 3.8) is 0 Å². The highest BCUT2D eigenvalue weighted by molar-refractivity contribution is 5.95. The van der Waals surface area contributed by atoms with Crippen molar-refractivity contribution in [1.82, 2.24) is 4.90 Å². The van der Waals surface area contributed by atoms with Crippen LogP contribution in [0.3, 0.4) is 0 Å². The van der Waals surface area contributed by atoms with Crippen LogP contribution in [-0.4, -0.2) is 53.0 Å². The topological polar surface area (TPSA) is 76.1 Å². The molecule has 1 N–H and O–H groups in total. The smallest absolute Gasteiger partial charge is 0.337 e. The number of fused-ring (bicyclic) bond motifs is 1. The van der Waals surface area contributed by atoms with Gasteiger partial charge in [-0.1, -0.05) is 20.8 Å². The van der Waals surface area contributed by atoms with Gasteiger partial charge in [0.2, 0.25) is 5.91 Å². The molecule has 2 aliphatic rings. The van der Waals surface area contributed by atoms with Gasteiger partial charge in [0.25, 0.3) is 0 Å². The maximum absolute atomic E-state index is 12.2. The normalized spacial score (nSPS) is 38.5. The van der Waals surface area contributed by atoms with E-state index < -0.39 is 23.3 Å². The second-order valence-corrected chi connectivity index (χ2v) is 6.60. The fourth-order valence-corrected chi connectivity index (χ4v) is 3.01. The second kappa shape index (κ2) is 3.93. The predicted octanol–water partition coefficient (Wildman–Crippen LogP) is 0.284. The number of methoxy groups -OCH3 is 1. The van der Waals surface area contributed by atoms with E-state index in [0.717, 1.165) is 0 Å². The van der Waals surface area contributed by atoms with E-state index in [-0.39, 0.29) is 24.3 Å². The molecule has 2 heterocycles. The number of rotatable bonds is 1. The summed E-state index contributed by atoms with van der Waals surface area (Å²) in [6, 6.07) is 0. The maximum atomic E-state index is 12.2. The van der Waals surface area contributed by atoms with Crippen molar-refractivity contribution >= 4 is 11.9 Å². The Morgan fingerprint density at radius 2 is 2.11 bits per heavy atom. The third kappa shape index (κ3) is 1.70. The van der Waals surface area contributed by atoms with Crippen LogP contribution >= 0.6 is 0 Å². The average molecular weight is 271 g/mol. The summed E-state index contributed by atoms with van der Waals surface area (Å²) in [5.74, 6) is -0.914. The van der Waals surface area contributed by atoms with Gasteiger partial charge in [0.1, 0.15) is 11.8 Å². The van der Waals surface area contributed by atoms with Crippen molar-refractivity contribution in [1.29, 1.82) is 0 Å². The highest BCUT2D eigenvalue weighted by Crippen LogP contribution is 2.49. The van der Waals surface area contributed by atoms with E-state index in [4.69, 9.17) is 9.47 Å². The summed E-state index contributed by atoms with van der Waals surface area (Å²) >= 11 is 0. The van der Waals surface area contributed by atoms with Crippen LogP contribution in [0.15, 0.2) is 0 Å². The van der Waals surface area contributed by atoms with Gasteiger partial charge in [0.05, 0.1) is 20.1 Å². The van der Waals surface area contributed by atoms with Crippen molar-refractivity contribution in [3.8, 4) is 0 Å². The Morgan fingerprint density at radius 1 is 1.53 bits per heavy atom. The van der Waals surface area contributed by atoms with Crippen LogP contribution in [0.1, 0.15) is 34.1 Å². The quantitative estimate of drug-likeness (QED) is 0.693. The molecule has 19 heavy (non-hydrogen) atoms. The van der Waals surface area contributed by atoms with Gasteiger partial charge in [-0.2, -0.15) is 0 Å². The second-order valence-electron chi connectivity index (χ2n) is 6.60. The lowest BCUT2D eigenvalue weighted by Gasteiger charge is -2.39. The molecule has 0 aromatic heterocycles. The van der Waals surface area contributed by atoms with Gasteiger partial charge >= 0.3 is 5.97 Å². The molecule has 0 radical (unpaired) electrons. The Hall–Kier alpha value is -1.14. The van der Waals surface area contributed by atoms with E-state index in [1.807, 2.05) is 20.8 Å². The number of carbonyl (C=O) groups is 2. The summed E-state index contributed by atoms with van der Waals surface area (Å²) in [5.41, 5.74) is -3.28. The summed E-state index contributed by atoms with van der Waals surface area (Å²) in [6.45, 7) is 7.21. The zero-order valence-corrected chi connectivity index (χ0v) is 12.0. The van der Waals surface area contributed by atoms with Gasteiger partial charge in [-0.25, -0.2) is 4.79 Å². The molecular formula is C13H21NO5. The van der Waals surface area contributed by atoms with E-state index in [1.54, 1.807) is 0 Å². The summed E-state index contributed by atoms with van der Waals surface area (Å²) in [4.78, 5) is 25.8. The van der Waals surface area contributed by atoms with E-state index >= 15 is 0 Å². The van der Waals surface area contributed by atoms with Crippen molar-refractivity contribution in [2.75, 3.05) is 13.7 Å². The Bertz CT molecular complexity index is 425. The largest absolute Gasteiger partial charge is 0.467 e. The number of ether oxygens (including phenoxy) is 2. The molecule has 2 aliphatic heterocycles. The van der Waals surface area contributed by atoms with Gasteiger partial charge in [-0.15, -0.1) is 0 Å². The Labute approximate surface area is 112 Å². The van der Waals surface area contributed by atoms with Crippen LogP contribution in [-0.2, 0) is 19.1 Å². The molecular weight excluding hydrogens is 250 g/mol. The molecule has 3 atom stereocenters. The molecule has 2 saturated heterocycles. The molecule has 1 amide bonds. The van der Waals surface area contributed by atoms with E-state index in [9.17, 15) is 14.7 Å². The molecule has 108 valence electrons. The highest BCUT2D eigenvalue weighted by atomic mass is 16.6. The van der Waals surface area contributed by atoms with Gasteiger partial charge < -0.3 is 14.6 Å². The minimum absolute atomic E-state index is 0.0413. The van der Waals surface area contributed by atoms with Crippen molar-refractivity contribution in [2.45, 2.75) is 51.5 Å². The van der Waals surface area contributed by atoms with E-state index in [0.29, 0.717) is 0 Å². The molecule has 2 rings (SSSR count). The molecule has 0 aromatic rings. The van der Waals surface area contributed by atoms with E-state index in [2.05, 4.69) is 0 Å². The molecule has 0 aliphatic carbocycles. The SMILES string of the molecule is COC(=O)[C@]12CO[C@H](C(C)(C)C)N1C(=O)C[C@]2(C)O. The van der Waals surface area contributed by atoms with E-state index in [1.165, 1.54) is 18.9 Å². The van der Waals surface area contributed by atoms with Crippen LogP contribution in [0.5, 0.6) is 0 Å². The highest BCUT2D eigenvalue weighted by Gasteiger charge is 2.71. The van der Waals surface area contributed by atoms with Gasteiger partial charge in [0.15, 0.2) is 5.54 Å². The summed E-state index contributed by atoms with van der Waals surface area (Å²) < 4.78 is 10.5. The van der Waals surface area contributed by atoms with Crippen LogP contribution in [0.2, 0.25) is 0 Å². The number of hydrogen-bond acceptors (Lipinski definition) is 5. The first-order valence-corrected chi connectivity index (χ1v) is 6.32. The number of hydrogen-bond donors (Lipinski definition) is 1. The zero-order chi connectivity index (χ0) is 14.6. The lowest BCUT2D eigenvalue weighted by Crippen LogP contribution is -2.63. The predicted molar refractivity (Wildman–Crippen MR) is 66.0 cm³/mol. The fourth-order valence-electron chi connectivity index (χ4n) is 3.01. The third-order valence-corrected chi connectivity index (χ3v) is 4.01. The average Bonchev–Trinajstić information content (AvgIpc) is 2.75. The lowest BCUT2D eigenvalue weighted by atomic mass is 9.82. The third-order valence-electron chi connectivity index (χ3n) is 4.01. The number of nitrogens with zero attached hydrogens (tertiary/aromatic N) is 1. The number of aliphatic hydroxyl groups is 1. The molecule has 0 spiro atoms. The molecule has 0 unspecified atom stereocenters. The first kappa shape index (κ1) is 14.3. The van der Waals surface area contributed by atoms with Crippen molar-refractivity contribution in [2.24, 2.45) is 5.41 Å². The van der Waals surface area contributed by atoms with Crippen LogP contribution in [0.4, 0.5) is 0 Å². The molecule has 0 saturated carbocycles. The van der Waals surface area contributed by atoms with Crippen LogP contribution in [0.25, 0.3) is 0 Å². The molecule has 0 bridgehead atoms. The lowest BCUT2D eigenvalue weighted by molar-refractivity contribution is -0.166. The van der Waals surface area contributed by atoms with Gasteiger partial charge in [0, 0.05) is 5.41 Å². The summed E-state index contributed by atoms with van der Waals surface area (Å²) in [7, 11) is 1.25. The number of carbonyl (C=O) groups excluding carboxylic acids is 2. The van der Waals surface area contributed by atoms with Crippen LogP contribution in [0, 0.1) is 5.41 Å². The standard InChI is InChI=1S/C13H21NO5/c1-11(2,3)9-14-8(15)6-12(4,17)13(14,7-19-9)10(16)18-5/h9,17H,6-7H2,1-5H3/t9-,12+,13+/m1/s1. The minimum atomic E-state index is -1.49. The first-order chi connectivity index (χ1) is 8.58. The van der Waals surface area contributed by atoms with Crippen molar-refractivity contribution < 1.29 is 24.2 Å². The zero-order valence-electron chi connectivity index (χ0n) is 12.0. The Kier molecular flexibility index (Phi) is 2.95. The Morgan fingerprint density at radius 3 is 2.58 bits per heavy atom. The fraction of sp³-hybridized carbons (Fsp3) is 0.846. The maximum Gasteiger partial charge on any atom is 0.337 e. The van der Waals surface area contributed by atoms with Gasteiger partial charge in [-0.3, -0.25) is 9.69 Å².